The van der Waals surface area contributed by atoms with Crippen LogP contribution >= 0.6 is 7.92 Å². The zero-order valence-corrected chi connectivity index (χ0v) is 8.87. The van der Waals surface area contributed by atoms with E-state index in [1.165, 1.54) is 0 Å². The Kier molecular flexibility index (Phi) is 12.7. The van der Waals surface area contributed by atoms with Crippen molar-refractivity contribution in [2.24, 2.45) is 0 Å². The van der Waals surface area contributed by atoms with Gasteiger partial charge in [0.05, 0.1) is 0 Å². The minimum absolute atomic E-state index is 0. The molecule has 8 heavy (non-hydrogen) atoms. The zero-order valence-electron chi connectivity index (χ0n) is 5.98. The maximum atomic E-state index is 9.84. The summed E-state index contributed by atoms with van der Waals surface area (Å²) in [5.74, 6) is 0. The number of rotatable bonds is 3. The van der Waals surface area contributed by atoms with Crippen LogP contribution in [0.25, 0.3) is 0 Å². The van der Waals surface area contributed by atoms with E-state index in [4.69, 9.17) is 0 Å². The van der Waals surface area contributed by atoms with Crippen LogP contribution < -0.4 is 34.7 Å². The first kappa shape index (κ1) is 12.1. The third-order valence-electron chi connectivity index (χ3n) is 0.750. The largest absolute Gasteiger partial charge is 1.00 e. The SMILES string of the molecule is CP(C)CCC[O-].[Na+]. The molecule has 0 aromatic rings. The maximum absolute atomic E-state index is 9.84. The smallest absolute Gasteiger partial charge is 0.854 e. The average Bonchev–Trinajstić information content (AvgIpc) is 1.61. The fraction of sp³-hybridized carbons (Fsp3) is 1.00. The van der Waals surface area contributed by atoms with E-state index >= 15 is 0 Å². The molecule has 0 spiro atoms. The second kappa shape index (κ2) is 8.39. The summed E-state index contributed by atoms with van der Waals surface area (Å²) in [7, 11) is 0.194. The normalized spacial score (nSPS) is 9.00. The molecule has 1 nitrogen and oxygen atoms in total. The first-order valence-corrected chi connectivity index (χ1v) is 4.92. The molecule has 0 saturated carbocycles. The van der Waals surface area contributed by atoms with Crippen molar-refractivity contribution in [2.75, 3.05) is 26.1 Å². The van der Waals surface area contributed by atoms with Crippen molar-refractivity contribution in [3.8, 4) is 0 Å². The van der Waals surface area contributed by atoms with E-state index in [9.17, 15) is 5.11 Å². The predicted molar refractivity (Wildman–Crippen MR) is 33.1 cm³/mol. The van der Waals surface area contributed by atoms with Gasteiger partial charge in [0.2, 0.25) is 0 Å². The van der Waals surface area contributed by atoms with Gasteiger partial charge in [-0.1, -0.05) is 6.42 Å². The van der Waals surface area contributed by atoms with Crippen LogP contribution in [0.3, 0.4) is 0 Å². The van der Waals surface area contributed by atoms with Gasteiger partial charge in [-0.2, -0.15) is 0 Å². The third kappa shape index (κ3) is 10.4. The second-order valence-corrected chi connectivity index (χ2v) is 4.47. The van der Waals surface area contributed by atoms with Crippen LogP contribution in [0.15, 0.2) is 0 Å². The van der Waals surface area contributed by atoms with Crippen molar-refractivity contribution >= 4 is 7.92 Å². The Morgan fingerprint density at radius 2 is 1.88 bits per heavy atom. The minimum Gasteiger partial charge on any atom is -0.854 e. The topological polar surface area (TPSA) is 23.1 Å². The van der Waals surface area contributed by atoms with Crippen molar-refractivity contribution in [1.29, 1.82) is 0 Å². The molecule has 3 heteroatoms. The van der Waals surface area contributed by atoms with Crippen molar-refractivity contribution in [2.45, 2.75) is 6.42 Å². The summed E-state index contributed by atoms with van der Waals surface area (Å²) >= 11 is 0. The molecule has 0 saturated heterocycles. The quantitative estimate of drug-likeness (QED) is 0.315. The fourth-order valence-corrected chi connectivity index (χ4v) is 1.14. The molecule has 0 N–H and O–H groups in total. The van der Waals surface area contributed by atoms with E-state index in [1.54, 1.807) is 0 Å². The predicted octanol–water partition coefficient (Wildman–Crippen LogP) is -2.52. The first-order valence-electron chi connectivity index (χ1n) is 2.50. The van der Waals surface area contributed by atoms with E-state index in [1.807, 2.05) is 0 Å². The molecule has 0 rings (SSSR count). The van der Waals surface area contributed by atoms with Gasteiger partial charge in [-0.3, -0.25) is 0 Å². The Morgan fingerprint density at radius 1 is 1.38 bits per heavy atom. The van der Waals surface area contributed by atoms with Gasteiger partial charge in [0.15, 0.2) is 0 Å². The molecule has 0 aliphatic rings. The van der Waals surface area contributed by atoms with Crippen LogP contribution in [0.1, 0.15) is 6.42 Å². The summed E-state index contributed by atoms with van der Waals surface area (Å²) in [6.45, 7) is 4.51. The molecule has 0 aliphatic carbocycles. The van der Waals surface area contributed by atoms with Gasteiger partial charge in [0.25, 0.3) is 0 Å². The van der Waals surface area contributed by atoms with Crippen molar-refractivity contribution in [1.82, 2.24) is 0 Å². The molecule has 0 aromatic carbocycles. The van der Waals surface area contributed by atoms with Gasteiger partial charge >= 0.3 is 29.6 Å². The average molecular weight is 142 g/mol. The Hall–Kier alpha value is 1.39. The van der Waals surface area contributed by atoms with Gasteiger partial charge in [-0.25, -0.2) is 0 Å². The van der Waals surface area contributed by atoms with Crippen LogP contribution in [0.2, 0.25) is 0 Å². The summed E-state index contributed by atoms with van der Waals surface area (Å²) in [5.41, 5.74) is 0. The van der Waals surface area contributed by atoms with Crippen molar-refractivity contribution in [3.63, 3.8) is 0 Å². The summed E-state index contributed by atoms with van der Waals surface area (Å²) in [6, 6.07) is 0. The second-order valence-electron chi connectivity index (χ2n) is 1.86. The monoisotopic (exact) mass is 142 g/mol. The molecule has 0 radical (unpaired) electrons. The van der Waals surface area contributed by atoms with Gasteiger partial charge in [-0.15, -0.1) is 14.5 Å². The van der Waals surface area contributed by atoms with Crippen LogP contribution in [0.5, 0.6) is 0 Å². The molecule has 0 amide bonds. The zero-order chi connectivity index (χ0) is 5.70. The summed E-state index contributed by atoms with van der Waals surface area (Å²) < 4.78 is 0. The van der Waals surface area contributed by atoms with Gasteiger partial charge in [-0.05, 0) is 19.5 Å². The molecule has 0 unspecified atom stereocenters. The van der Waals surface area contributed by atoms with E-state index in [2.05, 4.69) is 13.3 Å². The van der Waals surface area contributed by atoms with E-state index in [0.717, 1.165) is 12.6 Å². The standard InChI is InChI=1S/C5H12OP.Na/c1-7(2)5-3-4-6;/h3-5H2,1-2H3;/q-1;+1. The van der Waals surface area contributed by atoms with E-state index in [-0.39, 0.29) is 44.1 Å². The molecule has 0 aromatic heterocycles. The van der Waals surface area contributed by atoms with Crippen LogP contribution in [-0.2, 0) is 0 Å². The molecule has 0 bridgehead atoms. The third-order valence-corrected chi connectivity index (χ3v) is 1.96. The van der Waals surface area contributed by atoms with Crippen LogP contribution in [-0.4, -0.2) is 26.1 Å². The van der Waals surface area contributed by atoms with Crippen LogP contribution in [0.4, 0.5) is 0 Å². The fourth-order valence-electron chi connectivity index (χ4n) is 0.381. The Bertz CT molecular complexity index is 41.4. The minimum atomic E-state index is 0. The van der Waals surface area contributed by atoms with E-state index in [0.29, 0.717) is 0 Å². The molecule has 0 atom stereocenters. The first-order chi connectivity index (χ1) is 3.27. The molecule has 0 heterocycles. The molecular formula is C5H12NaOP. The Balaban J connectivity index is 0. The molecular weight excluding hydrogens is 130 g/mol. The number of hydrogen-bond acceptors (Lipinski definition) is 1. The van der Waals surface area contributed by atoms with Crippen molar-refractivity contribution < 1.29 is 34.7 Å². The number of hydrogen-bond donors (Lipinski definition) is 0. The van der Waals surface area contributed by atoms with Crippen molar-refractivity contribution in [3.05, 3.63) is 0 Å². The molecule has 44 valence electrons. The van der Waals surface area contributed by atoms with E-state index < -0.39 is 0 Å². The summed E-state index contributed by atoms with van der Waals surface area (Å²) in [5, 5.41) is 9.84. The van der Waals surface area contributed by atoms with Gasteiger partial charge < -0.3 is 5.11 Å². The van der Waals surface area contributed by atoms with Gasteiger partial charge in [0, 0.05) is 0 Å². The maximum Gasteiger partial charge on any atom is 1.00 e. The molecule has 0 aliphatic heterocycles. The van der Waals surface area contributed by atoms with Gasteiger partial charge in [0.1, 0.15) is 0 Å². The molecule has 0 fully saturated rings. The van der Waals surface area contributed by atoms with Crippen LogP contribution in [0, 0.1) is 0 Å². The summed E-state index contributed by atoms with van der Waals surface area (Å²) in [6.07, 6.45) is 2.03. The Labute approximate surface area is 74.9 Å². The summed E-state index contributed by atoms with van der Waals surface area (Å²) in [4.78, 5) is 0. The Morgan fingerprint density at radius 3 is 2.00 bits per heavy atom.